The van der Waals surface area contributed by atoms with Gasteiger partial charge in [0.2, 0.25) is 0 Å². The van der Waals surface area contributed by atoms with Crippen LogP contribution >= 0.6 is 23.4 Å². The molecule has 0 aliphatic heterocycles. The summed E-state index contributed by atoms with van der Waals surface area (Å²) < 4.78 is 12.9. The largest absolute Gasteiger partial charge is 0.505 e. The molecule has 0 fully saturated rings. The molecule has 0 unspecified atom stereocenters. The van der Waals surface area contributed by atoms with E-state index in [1.807, 2.05) is 49.4 Å². The number of pyridine rings is 1. The van der Waals surface area contributed by atoms with E-state index in [-0.39, 0.29) is 27.6 Å². The van der Waals surface area contributed by atoms with E-state index in [1.54, 1.807) is 28.8 Å². The van der Waals surface area contributed by atoms with Gasteiger partial charge in [0.25, 0.3) is 10.8 Å². The smallest absolute Gasteiger partial charge is 0.354 e. The molecule has 0 atom stereocenters. The molecule has 3 aromatic carbocycles. The normalized spacial score (nSPS) is 11.6. The summed E-state index contributed by atoms with van der Waals surface area (Å²) in [5.41, 5.74) is 2.20. The summed E-state index contributed by atoms with van der Waals surface area (Å²) in [5.74, 6) is -0.471. The third-order valence-electron chi connectivity index (χ3n) is 5.91. The van der Waals surface area contributed by atoms with Crippen molar-refractivity contribution in [2.75, 3.05) is 0 Å². The highest BCUT2D eigenvalue weighted by molar-refractivity contribution is 7.99. The first-order valence-electron chi connectivity index (χ1n) is 11.0. The maximum Gasteiger partial charge on any atom is 0.354 e. The van der Waals surface area contributed by atoms with Crippen molar-refractivity contribution in [1.29, 1.82) is 0 Å². The van der Waals surface area contributed by atoms with Gasteiger partial charge in [-0.2, -0.15) is 0 Å². The van der Waals surface area contributed by atoms with Crippen molar-refractivity contribution in [2.24, 2.45) is 0 Å². The zero-order valence-electron chi connectivity index (χ0n) is 18.8. The summed E-state index contributed by atoms with van der Waals surface area (Å²) in [5, 5.41) is 12.3. The van der Waals surface area contributed by atoms with Crippen molar-refractivity contribution in [1.82, 2.24) is 9.55 Å². The Balaban J connectivity index is 1.59. The zero-order chi connectivity index (χ0) is 25.0. The van der Waals surface area contributed by atoms with Gasteiger partial charge in [0, 0.05) is 16.5 Å². The van der Waals surface area contributed by atoms with Crippen LogP contribution in [0.4, 0.5) is 0 Å². The van der Waals surface area contributed by atoms with Crippen molar-refractivity contribution in [3.8, 4) is 5.75 Å². The summed E-state index contributed by atoms with van der Waals surface area (Å²) in [6, 6.07) is 20.0. The number of halogens is 1. The molecule has 7 nitrogen and oxygen atoms in total. The highest BCUT2D eigenvalue weighted by Crippen LogP contribution is 2.38. The number of oxazole rings is 1. The van der Waals surface area contributed by atoms with Crippen LogP contribution in [0.1, 0.15) is 11.1 Å². The first kappa shape index (κ1) is 22.5. The summed E-state index contributed by atoms with van der Waals surface area (Å²) >= 11 is 6.80. The van der Waals surface area contributed by atoms with Gasteiger partial charge in [-0.1, -0.05) is 48.0 Å². The predicted octanol–water partition coefficient (Wildman–Crippen LogP) is 6.12. The SMILES string of the molecule is Cc1ccc2c3oc(=O)c(Sc4nc5ccc(Cl)cc5o4)c(O)c3c(=O)n(Cc3ccccc3)c2c1. The van der Waals surface area contributed by atoms with Crippen LogP contribution < -0.4 is 11.2 Å². The van der Waals surface area contributed by atoms with Gasteiger partial charge in [0.05, 0.1) is 12.1 Å². The van der Waals surface area contributed by atoms with Crippen molar-refractivity contribution >= 4 is 56.3 Å². The molecule has 0 aliphatic rings. The standard InChI is InChI=1S/C27H17ClN2O5S/c1-14-7-9-17-19(11-14)30(13-15-5-3-2-4-6-15)25(32)21-22(31)24(26(33)35-23(17)21)36-27-29-18-10-8-16(28)12-20(18)34-27/h2-12,31H,13H2,1H3. The number of fused-ring (bicyclic) bond motifs is 4. The van der Waals surface area contributed by atoms with E-state index in [4.69, 9.17) is 20.4 Å². The lowest BCUT2D eigenvalue weighted by Gasteiger charge is -2.14. The topological polar surface area (TPSA) is 98.5 Å². The number of hydrogen-bond acceptors (Lipinski definition) is 7. The third kappa shape index (κ3) is 3.75. The van der Waals surface area contributed by atoms with Gasteiger partial charge in [-0.15, -0.1) is 0 Å². The van der Waals surface area contributed by atoms with E-state index in [1.165, 1.54) is 0 Å². The summed E-state index contributed by atoms with van der Waals surface area (Å²) in [7, 11) is 0. The minimum atomic E-state index is -0.799. The molecule has 6 aromatic rings. The Morgan fingerprint density at radius 2 is 1.83 bits per heavy atom. The fourth-order valence-electron chi connectivity index (χ4n) is 4.22. The average molecular weight is 517 g/mol. The molecule has 0 saturated heterocycles. The molecule has 0 spiro atoms. The van der Waals surface area contributed by atoms with Crippen LogP contribution in [0.5, 0.6) is 5.75 Å². The molecular weight excluding hydrogens is 500 g/mol. The number of nitrogens with zero attached hydrogens (tertiary/aromatic N) is 2. The average Bonchev–Trinajstić information content (AvgIpc) is 3.26. The number of aryl methyl sites for hydroxylation is 1. The van der Waals surface area contributed by atoms with E-state index in [9.17, 15) is 14.7 Å². The second-order valence-corrected chi connectivity index (χ2v) is 9.76. The highest BCUT2D eigenvalue weighted by Gasteiger charge is 2.24. The van der Waals surface area contributed by atoms with Gasteiger partial charge in [-0.25, -0.2) is 9.78 Å². The van der Waals surface area contributed by atoms with Crippen molar-refractivity contribution in [3.63, 3.8) is 0 Å². The monoisotopic (exact) mass is 516 g/mol. The minimum absolute atomic E-state index is 0.0375. The fraction of sp³-hybridized carbons (Fsp3) is 0.0741. The summed E-state index contributed by atoms with van der Waals surface area (Å²) in [4.78, 5) is 30.9. The summed E-state index contributed by atoms with van der Waals surface area (Å²) in [6.07, 6.45) is 0. The van der Waals surface area contributed by atoms with Gasteiger partial charge < -0.3 is 18.5 Å². The molecule has 178 valence electrons. The molecule has 36 heavy (non-hydrogen) atoms. The molecule has 0 radical (unpaired) electrons. The van der Waals surface area contributed by atoms with E-state index in [2.05, 4.69) is 4.98 Å². The Morgan fingerprint density at radius 3 is 2.64 bits per heavy atom. The van der Waals surface area contributed by atoms with Gasteiger partial charge in [-0.05, 0) is 54.1 Å². The number of aromatic nitrogens is 2. The van der Waals surface area contributed by atoms with Gasteiger partial charge in [0.15, 0.2) is 16.9 Å². The number of benzene rings is 3. The minimum Gasteiger partial charge on any atom is -0.505 e. The van der Waals surface area contributed by atoms with Crippen LogP contribution in [0.25, 0.3) is 33.0 Å². The summed E-state index contributed by atoms with van der Waals surface area (Å²) in [6.45, 7) is 2.20. The first-order chi connectivity index (χ1) is 17.4. The second-order valence-electron chi connectivity index (χ2n) is 8.36. The van der Waals surface area contributed by atoms with Crippen LogP contribution in [0, 0.1) is 6.92 Å². The molecule has 6 rings (SSSR count). The van der Waals surface area contributed by atoms with Crippen LogP contribution in [-0.2, 0) is 6.54 Å². The molecule has 0 bridgehead atoms. The maximum atomic E-state index is 13.8. The Labute approximate surface area is 212 Å². The van der Waals surface area contributed by atoms with Crippen LogP contribution in [0.15, 0.2) is 95.3 Å². The Morgan fingerprint density at radius 1 is 1.03 bits per heavy atom. The highest BCUT2D eigenvalue weighted by atomic mass is 35.5. The van der Waals surface area contributed by atoms with E-state index < -0.39 is 16.9 Å². The molecule has 0 aliphatic carbocycles. The van der Waals surface area contributed by atoms with Gasteiger partial charge in [-0.3, -0.25) is 4.79 Å². The lowest BCUT2D eigenvalue weighted by atomic mass is 10.1. The molecule has 0 amide bonds. The number of rotatable bonds is 4. The van der Waals surface area contributed by atoms with E-state index in [0.29, 0.717) is 27.0 Å². The zero-order valence-corrected chi connectivity index (χ0v) is 20.4. The molecule has 0 saturated carbocycles. The quantitative estimate of drug-likeness (QED) is 0.282. The van der Waals surface area contributed by atoms with Crippen molar-refractivity contribution in [2.45, 2.75) is 23.6 Å². The van der Waals surface area contributed by atoms with E-state index >= 15 is 0 Å². The maximum absolute atomic E-state index is 13.8. The lowest BCUT2D eigenvalue weighted by molar-refractivity contribution is 0.444. The lowest BCUT2D eigenvalue weighted by Crippen LogP contribution is -2.23. The van der Waals surface area contributed by atoms with Gasteiger partial charge >= 0.3 is 5.63 Å². The van der Waals surface area contributed by atoms with Crippen LogP contribution in [0.2, 0.25) is 5.02 Å². The van der Waals surface area contributed by atoms with E-state index in [0.717, 1.165) is 22.9 Å². The van der Waals surface area contributed by atoms with Gasteiger partial charge in [0.1, 0.15) is 15.8 Å². The van der Waals surface area contributed by atoms with Crippen molar-refractivity contribution in [3.05, 3.63) is 104 Å². The molecular formula is C27H17ClN2O5S. The Bertz CT molecular complexity index is 1930. The molecule has 3 aromatic heterocycles. The third-order valence-corrected chi connectivity index (χ3v) is 7.06. The number of hydrogen-bond donors (Lipinski definition) is 1. The second kappa shape index (κ2) is 8.58. The van der Waals surface area contributed by atoms with Crippen LogP contribution in [-0.4, -0.2) is 14.7 Å². The Hall–Kier alpha value is -4.01. The first-order valence-corrected chi connectivity index (χ1v) is 12.2. The fourth-order valence-corrected chi connectivity index (χ4v) is 5.15. The Kier molecular flexibility index (Phi) is 5.35. The van der Waals surface area contributed by atoms with Crippen LogP contribution in [0.3, 0.4) is 0 Å². The molecule has 1 N–H and O–H groups in total. The molecule has 3 heterocycles. The van der Waals surface area contributed by atoms with Crippen molar-refractivity contribution < 1.29 is 13.9 Å². The number of aromatic hydroxyl groups is 1. The predicted molar refractivity (Wildman–Crippen MR) is 139 cm³/mol. The molecule has 9 heteroatoms.